The van der Waals surface area contributed by atoms with Crippen LogP contribution in [0.1, 0.15) is 27.7 Å². The van der Waals surface area contributed by atoms with Crippen LogP contribution in [-0.2, 0) is 28.8 Å². The van der Waals surface area contributed by atoms with Crippen LogP contribution in [0.5, 0.6) is 0 Å². The molecule has 0 aromatic heterocycles. The van der Waals surface area contributed by atoms with Crippen LogP contribution in [0.15, 0.2) is 11.7 Å². The molecule has 0 radical (unpaired) electrons. The summed E-state index contributed by atoms with van der Waals surface area (Å²) in [5.41, 5.74) is -1.11. The average molecular weight is 384 g/mol. The molecule has 0 amide bonds. The van der Waals surface area contributed by atoms with Crippen molar-refractivity contribution >= 4 is 5.97 Å². The lowest BCUT2D eigenvalue weighted by atomic mass is 9.93. The maximum atomic E-state index is 11.6. The molecular weight excluding hydrogens is 352 g/mol. The molecule has 0 aromatic rings. The predicted molar refractivity (Wildman–Crippen MR) is 90.4 cm³/mol. The van der Waals surface area contributed by atoms with E-state index in [0.29, 0.717) is 19.8 Å². The molecule has 156 valence electrons. The molecule has 10 nitrogen and oxygen atoms in total. The molecule has 0 aliphatic carbocycles. The lowest BCUT2D eigenvalue weighted by Gasteiger charge is -2.23. The molecular formula is C16H32O10. The fourth-order valence-electron chi connectivity index (χ4n) is 1.23. The number of carbonyl (C=O) groups is 1. The summed E-state index contributed by atoms with van der Waals surface area (Å²) < 4.78 is 15.5. The second-order valence-electron chi connectivity index (χ2n) is 4.83. The second kappa shape index (κ2) is 16.9. The van der Waals surface area contributed by atoms with Crippen molar-refractivity contribution in [2.75, 3.05) is 52.9 Å². The van der Waals surface area contributed by atoms with Gasteiger partial charge in [-0.05, 0) is 27.7 Å². The largest absolute Gasteiger partial charge is 0.482 e. The molecule has 26 heavy (non-hydrogen) atoms. The Morgan fingerprint density at radius 1 is 0.731 bits per heavy atom. The quantitative estimate of drug-likeness (QED) is 0.145. The first-order valence-electron chi connectivity index (χ1n) is 8.35. The zero-order valence-electron chi connectivity index (χ0n) is 15.9. The van der Waals surface area contributed by atoms with Crippen LogP contribution >= 0.6 is 0 Å². The highest BCUT2D eigenvalue weighted by Gasteiger charge is 2.26. The molecule has 0 heterocycles. The Bertz CT molecular complexity index is 354. The van der Waals surface area contributed by atoms with Gasteiger partial charge in [0, 0.05) is 0 Å². The summed E-state index contributed by atoms with van der Waals surface area (Å²) in [6.07, 6.45) is 0. The third kappa shape index (κ3) is 10.4. The minimum atomic E-state index is -1.11. The van der Waals surface area contributed by atoms with Gasteiger partial charge in [-0.1, -0.05) is 0 Å². The van der Waals surface area contributed by atoms with E-state index < -0.39 is 37.8 Å². The molecule has 0 fully saturated rings. The van der Waals surface area contributed by atoms with E-state index in [0.717, 1.165) is 0 Å². The van der Waals surface area contributed by atoms with E-state index in [1.165, 1.54) is 0 Å². The van der Waals surface area contributed by atoms with Gasteiger partial charge >= 0.3 is 11.9 Å². The first-order chi connectivity index (χ1) is 12.4. The van der Waals surface area contributed by atoms with Crippen LogP contribution in [-0.4, -0.2) is 79.3 Å². The highest BCUT2D eigenvalue weighted by molar-refractivity contribution is 5.86. The predicted octanol–water partition coefficient (Wildman–Crippen LogP) is -0.298. The van der Waals surface area contributed by atoms with Crippen molar-refractivity contribution in [2.45, 2.75) is 27.7 Å². The molecule has 0 bridgehead atoms. The third-order valence-corrected chi connectivity index (χ3v) is 2.80. The molecule has 0 unspecified atom stereocenters. The van der Waals surface area contributed by atoms with Gasteiger partial charge in [0.1, 0.15) is 0 Å². The Kier molecular flexibility index (Phi) is 17.3. The zero-order chi connectivity index (χ0) is 20.4. The Morgan fingerprint density at radius 2 is 1.15 bits per heavy atom. The number of hydrogen-bond acceptors (Lipinski definition) is 10. The summed E-state index contributed by atoms with van der Waals surface area (Å²) in [6, 6.07) is 0. The van der Waals surface area contributed by atoms with E-state index in [1.54, 1.807) is 27.7 Å². The van der Waals surface area contributed by atoms with Crippen molar-refractivity contribution in [1.82, 2.24) is 0 Å². The Labute approximate surface area is 153 Å². The molecule has 4 N–H and O–H groups in total. The van der Waals surface area contributed by atoms with Gasteiger partial charge in [-0.3, -0.25) is 4.89 Å². The molecule has 0 rings (SSSR count). The molecule has 0 atom stereocenters. The third-order valence-electron chi connectivity index (χ3n) is 2.80. The van der Waals surface area contributed by atoms with Gasteiger partial charge in [0.25, 0.3) is 5.76 Å². The van der Waals surface area contributed by atoms with Crippen molar-refractivity contribution in [1.29, 1.82) is 0 Å². The zero-order valence-corrected chi connectivity index (χ0v) is 15.9. The summed E-state index contributed by atoms with van der Waals surface area (Å²) in [4.78, 5) is 20.6. The molecule has 0 saturated carbocycles. The van der Waals surface area contributed by atoms with Crippen molar-refractivity contribution in [2.24, 2.45) is 5.41 Å². The monoisotopic (exact) mass is 384 g/mol. The molecule has 10 heteroatoms. The summed E-state index contributed by atoms with van der Waals surface area (Å²) in [6.45, 7) is 6.62. The first-order valence-corrected chi connectivity index (χ1v) is 8.35. The lowest BCUT2D eigenvalue weighted by Crippen LogP contribution is -2.37. The van der Waals surface area contributed by atoms with Gasteiger partial charge in [0.2, 0.25) is 0 Å². The van der Waals surface area contributed by atoms with E-state index in [2.05, 4.69) is 9.78 Å². The smallest absolute Gasteiger partial charge is 0.414 e. The number of rotatable bonds is 13. The summed E-state index contributed by atoms with van der Waals surface area (Å²) in [5.74, 6) is -0.878. The summed E-state index contributed by atoms with van der Waals surface area (Å²) >= 11 is 0. The minimum Gasteiger partial charge on any atom is -0.482 e. The lowest BCUT2D eigenvalue weighted by molar-refractivity contribution is -0.268. The van der Waals surface area contributed by atoms with Crippen molar-refractivity contribution in [3.05, 3.63) is 11.7 Å². The maximum Gasteiger partial charge on any atom is 0.414 e. The minimum absolute atomic E-state index is 0.0153. The highest BCUT2D eigenvalue weighted by Crippen LogP contribution is 2.13. The van der Waals surface area contributed by atoms with Gasteiger partial charge in [0.15, 0.2) is 0 Å². The van der Waals surface area contributed by atoms with E-state index in [4.69, 9.17) is 34.6 Å². The van der Waals surface area contributed by atoms with Crippen molar-refractivity contribution < 1.29 is 49.2 Å². The highest BCUT2D eigenvalue weighted by atomic mass is 17.2. The van der Waals surface area contributed by atoms with Gasteiger partial charge in [-0.2, -0.15) is 4.89 Å². The number of aliphatic hydroxyl groups excluding tert-OH is 4. The van der Waals surface area contributed by atoms with Crippen LogP contribution in [0, 0.1) is 5.41 Å². The SMILES string of the molecule is CCOOC(=O)C(OCC)=C(OCC)OCC.OCC(CO)(CO)CO. The van der Waals surface area contributed by atoms with E-state index >= 15 is 0 Å². The van der Waals surface area contributed by atoms with Gasteiger partial charge < -0.3 is 34.6 Å². The maximum absolute atomic E-state index is 11.6. The fraction of sp³-hybridized carbons (Fsp3) is 0.812. The number of carbonyl (C=O) groups excluding carboxylic acids is 1. The van der Waals surface area contributed by atoms with Crippen LogP contribution in [0.25, 0.3) is 0 Å². The van der Waals surface area contributed by atoms with E-state index in [9.17, 15) is 4.79 Å². The van der Waals surface area contributed by atoms with E-state index in [-0.39, 0.29) is 18.3 Å². The molecule has 0 saturated heterocycles. The van der Waals surface area contributed by atoms with Crippen molar-refractivity contribution in [3.63, 3.8) is 0 Å². The molecule has 0 aliphatic heterocycles. The van der Waals surface area contributed by atoms with Crippen molar-refractivity contribution in [3.8, 4) is 0 Å². The summed E-state index contributed by atoms with van der Waals surface area (Å²) in [7, 11) is 0. The first kappa shape index (κ1) is 26.6. The number of ether oxygens (including phenoxy) is 3. The topological polar surface area (TPSA) is 144 Å². The van der Waals surface area contributed by atoms with Crippen LogP contribution in [0.2, 0.25) is 0 Å². The molecule has 0 spiro atoms. The Balaban J connectivity index is 0. The van der Waals surface area contributed by atoms with Crippen LogP contribution in [0.4, 0.5) is 0 Å². The van der Waals surface area contributed by atoms with E-state index in [1.807, 2.05) is 0 Å². The number of hydrogen-bond donors (Lipinski definition) is 4. The standard InChI is InChI=1S/C11H20O6.C5H12O4/c1-5-13-9(10(12)17-16-8-4)11(14-6-2)15-7-3;6-1-5(2-7,3-8)4-9/h5-8H2,1-4H3;6-9H,1-4H2. The molecule has 0 aliphatic rings. The average Bonchev–Trinajstić information content (AvgIpc) is 2.67. The van der Waals surface area contributed by atoms with Gasteiger partial charge in [0.05, 0.1) is 58.3 Å². The molecule has 0 aromatic carbocycles. The fourth-order valence-corrected chi connectivity index (χ4v) is 1.23. The number of aliphatic hydroxyl groups is 4. The Morgan fingerprint density at radius 3 is 1.42 bits per heavy atom. The normalized spacial score (nSPS) is 10.3. The van der Waals surface area contributed by atoms with Gasteiger partial charge in [-0.15, -0.1) is 0 Å². The summed E-state index contributed by atoms with van der Waals surface area (Å²) in [5, 5.41) is 34.0. The van der Waals surface area contributed by atoms with Crippen LogP contribution < -0.4 is 0 Å². The Hall–Kier alpha value is -1.59. The van der Waals surface area contributed by atoms with Crippen LogP contribution in [0.3, 0.4) is 0 Å². The van der Waals surface area contributed by atoms with Gasteiger partial charge in [-0.25, -0.2) is 4.79 Å². The second-order valence-corrected chi connectivity index (χ2v) is 4.83.